The quantitative estimate of drug-likeness (QED) is 0.162. The van der Waals surface area contributed by atoms with Gasteiger partial charge in [-0.25, -0.2) is 0 Å². The average molecular weight is 812 g/mol. The molecule has 0 atom stereocenters. The lowest BCUT2D eigenvalue weighted by Gasteiger charge is -2.27. The maximum Gasteiger partial charge on any atom is 0.0468 e. The molecule has 2 aliphatic rings. The van der Waals surface area contributed by atoms with Crippen LogP contribution in [0.25, 0.3) is 75.8 Å². The second-order valence-electron chi connectivity index (χ2n) is 18.1. The fourth-order valence-electron chi connectivity index (χ4n) is 10.7. The van der Waals surface area contributed by atoms with Gasteiger partial charge in [0.05, 0.1) is 0 Å². The molecule has 2 aliphatic carbocycles. The number of nitrogens with zero attached hydrogens (tertiary/aromatic N) is 1. The Bertz CT molecular complexity index is 3370. The van der Waals surface area contributed by atoms with Gasteiger partial charge in [0.25, 0.3) is 0 Å². The number of rotatable bonds is 6. The molecule has 2 heteroatoms. The minimum absolute atomic E-state index is 0.0476. The molecule has 0 saturated heterocycles. The van der Waals surface area contributed by atoms with E-state index in [9.17, 15) is 0 Å². The first kappa shape index (κ1) is 36.8. The molecular weight excluding hydrogens is 767 g/mol. The van der Waals surface area contributed by atoms with Crippen molar-refractivity contribution < 1.29 is 0 Å². The molecule has 0 spiro atoms. The molecule has 0 fully saturated rings. The van der Waals surface area contributed by atoms with Crippen LogP contribution in [0.2, 0.25) is 0 Å². The molecule has 12 rings (SSSR count). The van der Waals surface area contributed by atoms with Gasteiger partial charge in [-0.05, 0) is 132 Å². The Morgan fingerprint density at radius 1 is 0.339 bits per heavy atom. The maximum absolute atomic E-state index is 2.50. The summed E-state index contributed by atoms with van der Waals surface area (Å²) in [4.78, 5) is 2.44. The molecule has 0 aliphatic heterocycles. The zero-order valence-electron chi connectivity index (χ0n) is 35.4. The maximum atomic E-state index is 2.50. The number of anilines is 3. The highest BCUT2D eigenvalue weighted by atomic mass is 32.1. The molecule has 296 valence electrons. The molecular formula is C60H45NS. The topological polar surface area (TPSA) is 3.24 Å². The normalized spacial score (nSPS) is 14.1. The van der Waals surface area contributed by atoms with Crippen LogP contribution in [0.15, 0.2) is 200 Å². The van der Waals surface area contributed by atoms with Crippen molar-refractivity contribution in [3.8, 4) is 55.6 Å². The molecule has 10 aromatic rings. The van der Waals surface area contributed by atoms with E-state index in [1.807, 2.05) is 11.3 Å². The Kier molecular flexibility index (Phi) is 8.17. The zero-order valence-corrected chi connectivity index (χ0v) is 36.2. The Balaban J connectivity index is 1.02. The molecule has 62 heavy (non-hydrogen) atoms. The minimum atomic E-state index is -0.174. The lowest BCUT2D eigenvalue weighted by molar-refractivity contribution is 0.660. The number of hydrogen-bond donors (Lipinski definition) is 0. The van der Waals surface area contributed by atoms with E-state index >= 15 is 0 Å². The van der Waals surface area contributed by atoms with Crippen molar-refractivity contribution in [1.82, 2.24) is 0 Å². The van der Waals surface area contributed by atoms with E-state index in [2.05, 4.69) is 233 Å². The van der Waals surface area contributed by atoms with Gasteiger partial charge in [0.15, 0.2) is 0 Å². The highest BCUT2D eigenvalue weighted by Crippen LogP contribution is 2.57. The standard InChI is InChI=1S/C60H45NS/c1-59(2)50-21-13-11-19-46(50)47-33-27-42(35-52(47)59)40-25-30-44(31-26-40)61(43-28-23-39(24-29-43)38-15-7-5-8-16-38)45-32-34-51-49(36-45)57-53(60(51,3)4)37-55-58(48-20-12-14-22-54(48)62-55)56(57)41-17-9-6-10-18-41/h5-37H,1-4H3. The van der Waals surface area contributed by atoms with E-state index in [-0.39, 0.29) is 10.8 Å². The van der Waals surface area contributed by atoms with Gasteiger partial charge in [0.2, 0.25) is 0 Å². The van der Waals surface area contributed by atoms with E-state index < -0.39 is 0 Å². The molecule has 0 saturated carbocycles. The van der Waals surface area contributed by atoms with Gasteiger partial charge in [0, 0.05) is 48.1 Å². The van der Waals surface area contributed by atoms with E-state index in [0.717, 1.165) is 17.1 Å². The first-order valence-electron chi connectivity index (χ1n) is 21.8. The van der Waals surface area contributed by atoms with E-state index in [4.69, 9.17) is 0 Å². The van der Waals surface area contributed by atoms with E-state index in [0.29, 0.717) is 0 Å². The van der Waals surface area contributed by atoms with Gasteiger partial charge >= 0.3 is 0 Å². The SMILES string of the molecule is CC1(C)c2ccccc2-c2ccc(-c3ccc(N(c4ccc(-c5ccccc5)cc4)c4ccc5c(c4)-c4c(cc6sc7ccccc7c6c4-c4ccccc4)C5(C)C)cc3)cc21. The Labute approximate surface area is 368 Å². The summed E-state index contributed by atoms with van der Waals surface area (Å²) in [6.07, 6.45) is 0. The first-order valence-corrected chi connectivity index (χ1v) is 22.6. The van der Waals surface area contributed by atoms with E-state index in [1.165, 1.54) is 98.1 Å². The van der Waals surface area contributed by atoms with Gasteiger partial charge in [-0.1, -0.05) is 173 Å². The predicted molar refractivity (Wildman–Crippen MR) is 265 cm³/mol. The second-order valence-corrected chi connectivity index (χ2v) is 19.2. The van der Waals surface area contributed by atoms with Gasteiger partial charge in [-0.15, -0.1) is 11.3 Å². The summed E-state index contributed by atoms with van der Waals surface area (Å²) >= 11 is 1.91. The number of fused-ring (bicyclic) bond motifs is 9. The summed E-state index contributed by atoms with van der Waals surface area (Å²) in [6.45, 7) is 9.52. The van der Waals surface area contributed by atoms with Crippen LogP contribution in [0.5, 0.6) is 0 Å². The van der Waals surface area contributed by atoms with Crippen LogP contribution < -0.4 is 4.90 Å². The van der Waals surface area contributed by atoms with Crippen LogP contribution in [-0.4, -0.2) is 0 Å². The number of hydrogen-bond acceptors (Lipinski definition) is 2. The van der Waals surface area contributed by atoms with Crippen LogP contribution >= 0.6 is 11.3 Å². The molecule has 1 aromatic heterocycles. The van der Waals surface area contributed by atoms with Crippen molar-refractivity contribution in [2.24, 2.45) is 0 Å². The van der Waals surface area contributed by atoms with Gasteiger partial charge < -0.3 is 4.90 Å². The monoisotopic (exact) mass is 811 g/mol. The molecule has 0 bridgehead atoms. The Hall–Kier alpha value is -7.00. The minimum Gasteiger partial charge on any atom is -0.310 e. The third-order valence-corrected chi connectivity index (χ3v) is 15.0. The third kappa shape index (κ3) is 5.53. The number of thiophene rings is 1. The van der Waals surface area contributed by atoms with Gasteiger partial charge in [0.1, 0.15) is 0 Å². The van der Waals surface area contributed by atoms with Crippen molar-refractivity contribution in [3.05, 3.63) is 222 Å². The Morgan fingerprint density at radius 2 is 0.871 bits per heavy atom. The molecule has 0 unspecified atom stereocenters. The summed E-state index contributed by atoms with van der Waals surface area (Å²) in [5, 5.41) is 2.68. The smallest absolute Gasteiger partial charge is 0.0468 e. The summed E-state index contributed by atoms with van der Waals surface area (Å²) in [5.74, 6) is 0. The summed E-state index contributed by atoms with van der Waals surface area (Å²) in [6, 6.07) is 74.5. The van der Waals surface area contributed by atoms with Crippen LogP contribution in [0, 0.1) is 0 Å². The van der Waals surface area contributed by atoms with E-state index in [1.54, 1.807) is 0 Å². The second kappa shape index (κ2) is 13.8. The lowest BCUT2D eigenvalue weighted by atomic mass is 9.81. The van der Waals surface area contributed by atoms with Crippen molar-refractivity contribution in [3.63, 3.8) is 0 Å². The van der Waals surface area contributed by atoms with Crippen molar-refractivity contribution >= 4 is 48.6 Å². The Morgan fingerprint density at radius 3 is 1.60 bits per heavy atom. The fourth-order valence-corrected chi connectivity index (χ4v) is 11.8. The predicted octanol–water partition coefficient (Wildman–Crippen LogP) is 17.1. The summed E-state index contributed by atoms with van der Waals surface area (Å²) in [7, 11) is 0. The fraction of sp³-hybridized carbons (Fsp3) is 0.100. The van der Waals surface area contributed by atoms with Crippen LogP contribution in [-0.2, 0) is 10.8 Å². The third-order valence-electron chi connectivity index (χ3n) is 13.9. The molecule has 0 radical (unpaired) electrons. The zero-order chi connectivity index (χ0) is 41.7. The van der Waals surface area contributed by atoms with Crippen molar-refractivity contribution in [1.29, 1.82) is 0 Å². The van der Waals surface area contributed by atoms with Gasteiger partial charge in [-0.2, -0.15) is 0 Å². The summed E-state index contributed by atoms with van der Waals surface area (Å²) < 4.78 is 2.68. The lowest BCUT2D eigenvalue weighted by Crippen LogP contribution is -2.15. The van der Waals surface area contributed by atoms with Crippen LogP contribution in [0.1, 0.15) is 49.9 Å². The van der Waals surface area contributed by atoms with Crippen LogP contribution in [0.4, 0.5) is 17.1 Å². The van der Waals surface area contributed by atoms with Crippen molar-refractivity contribution in [2.45, 2.75) is 38.5 Å². The average Bonchev–Trinajstić information content (AvgIpc) is 3.88. The van der Waals surface area contributed by atoms with Crippen LogP contribution in [0.3, 0.4) is 0 Å². The van der Waals surface area contributed by atoms with Gasteiger partial charge in [-0.3, -0.25) is 0 Å². The number of benzene rings is 9. The largest absolute Gasteiger partial charge is 0.310 e. The van der Waals surface area contributed by atoms with Crippen molar-refractivity contribution in [2.75, 3.05) is 4.90 Å². The highest BCUT2D eigenvalue weighted by Gasteiger charge is 2.39. The molecule has 1 heterocycles. The summed E-state index contributed by atoms with van der Waals surface area (Å²) in [5.41, 5.74) is 21.6. The molecule has 0 amide bonds. The molecule has 9 aromatic carbocycles. The molecule has 0 N–H and O–H groups in total. The first-order chi connectivity index (χ1) is 30.3. The molecule has 1 nitrogen and oxygen atoms in total. The highest BCUT2D eigenvalue weighted by molar-refractivity contribution is 7.26.